The molecule has 3 unspecified atom stereocenters. The number of aliphatic hydroxyl groups excluding tert-OH is 1. The average Bonchev–Trinajstić information content (AvgIpc) is 3.24. The highest BCUT2D eigenvalue weighted by atomic mass is 16.4. The fraction of sp³-hybridized carbons (Fsp3) is 0.762. The molecule has 4 atom stereocenters. The van der Waals surface area contributed by atoms with Gasteiger partial charge in [0.15, 0.2) is 5.96 Å². The van der Waals surface area contributed by atoms with Crippen molar-refractivity contribution in [1.82, 2.24) is 20.9 Å². The first-order valence-electron chi connectivity index (χ1n) is 11.8. The van der Waals surface area contributed by atoms with Gasteiger partial charge in [-0.25, -0.2) is 4.79 Å². The van der Waals surface area contributed by atoms with Gasteiger partial charge in [0.2, 0.25) is 11.4 Å². The van der Waals surface area contributed by atoms with Crippen LogP contribution in [0.5, 0.6) is 0 Å². The quantitative estimate of drug-likeness (QED) is 0.0375. The number of carboxylic acids is 1. The van der Waals surface area contributed by atoms with E-state index in [4.69, 9.17) is 22.6 Å². The molecule has 200 valence electrons. The van der Waals surface area contributed by atoms with Crippen molar-refractivity contribution in [3.05, 3.63) is 0 Å². The number of hydrogen-bond acceptors (Lipinski definition) is 8. The summed E-state index contributed by atoms with van der Waals surface area (Å²) in [5, 5.41) is 33.8. The minimum Gasteiger partial charge on any atom is -0.480 e. The largest absolute Gasteiger partial charge is 0.480 e. The first-order valence-corrected chi connectivity index (χ1v) is 11.8. The summed E-state index contributed by atoms with van der Waals surface area (Å²) in [6.07, 6.45) is 0.355. The number of unbranched alkanes of at least 4 members (excludes halogenated alkanes) is 2. The zero-order valence-electron chi connectivity index (χ0n) is 20.2. The van der Waals surface area contributed by atoms with Crippen LogP contribution in [0, 0.1) is 5.41 Å². The second kappa shape index (κ2) is 14.4. The average molecular weight is 501 g/mol. The molecule has 14 nitrogen and oxygen atoms in total. The molecule has 3 amide bonds. The van der Waals surface area contributed by atoms with Crippen LogP contribution in [-0.2, 0) is 19.2 Å². The summed E-state index contributed by atoms with van der Waals surface area (Å²) in [6.45, 7) is 2.21. The van der Waals surface area contributed by atoms with Gasteiger partial charge in [0.25, 0.3) is 11.8 Å². The molecule has 12 N–H and O–H groups in total. The summed E-state index contributed by atoms with van der Waals surface area (Å²) >= 11 is 0. The minimum absolute atomic E-state index is 0.000719. The van der Waals surface area contributed by atoms with Crippen molar-refractivity contribution in [1.29, 1.82) is 5.41 Å². The van der Waals surface area contributed by atoms with Crippen LogP contribution < -0.4 is 33.2 Å². The number of carboxylic acid groups (broad SMARTS) is 1. The van der Waals surface area contributed by atoms with Crippen molar-refractivity contribution in [3.8, 4) is 0 Å². The van der Waals surface area contributed by atoms with Crippen molar-refractivity contribution in [3.63, 3.8) is 0 Å². The third-order valence-corrected chi connectivity index (χ3v) is 5.93. The van der Waals surface area contributed by atoms with Gasteiger partial charge in [-0.1, -0.05) is 6.42 Å². The van der Waals surface area contributed by atoms with Crippen LogP contribution in [0.3, 0.4) is 0 Å². The van der Waals surface area contributed by atoms with Crippen molar-refractivity contribution in [2.75, 3.05) is 19.6 Å². The number of amides is 3. The highest BCUT2D eigenvalue weighted by Crippen LogP contribution is 2.32. The van der Waals surface area contributed by atoms with E-state index in [2.05, 4.69) is 16.0 Å². The zero-order chi connectivity index (χ0) is 26.6. The molecule has 0 radical (unpaired) electrons. The SMILES string of the molecule is CC(O)C(N)NC(=O)C1(C(=O)N[C@@H](CCCNC(=N)N)C(=O)O)CCCN1C(=O)CCCCCN. The molecule has 0 aromatic carbocycles. The number of nitrogens with two attached hydrogens (primary N) is 3. The van der Waals surface area contributed by atoms with Crippen molar-refractivity contribution in [2.45, 2.75) is 82.1 Å². The van der Waals surface area contributed by atoms with Crippen molar-refractivity contribution < 1.29 is 29.4 Å². The van der Waals surface area contributed by atoms with E-state index in [1.165, 1.54) is 11.8 Å². The molecule has 0 aliphatic carbocycles. The van der Waals surface area contributed by atoms with Crippen LogP contribution >= 0.6 is 0 Å². The molecular formula is C21H40N8O6. The van der Waals surface area contributed by atoms with Gasteiger partial charge in [0.1, 0.15) is 12.2 Å². The number of likely N-dealkylation sites (tertiary alicyclic amines) is 1. The summed E-state index contributed by atoms with van der Waals surface area (Å²) < 4.78 is 0. The molecule has 35 heavy (non-hydrogen) atoms. The molecular weight excluding hydrogens is 460 g/mol. The summed E-state index contributed by atoms with van der Waals surface area (Å²) in [7, 11) is 0. The molecule has 0 aromatic heterocycles. The van der Waals surface area contributed by atoms with E-state index < -0.39 is 47.5 Å². The maximum absolute atomic E-state index is 13.5. The Hall–Kier alpha value is -2.97. The molecule has 1 rings (SSSR count). The molecule has 0 saturated carbocycles. The van der Waals surface area contributed by atoms with Gasteiger partial charge in [0.05, 0.1) is 6.10 Å². The predicted molar refractivity (Wildman–Crippen MR) is 128 cm³/mol. The number of carbonyl (C=O) groups is 4. The fourth-order valence-corrected chi connectivity index (χ4v) is 3.92. The smallest absolute Gasteiger partial charge is 0.326 e. The Bertz CT molecular complexity index is 764. The van der Waals surface area contributed by atoms with E-state index in [0.29, 0.717) is 25.8 Å². The lowest BCUT2D eigenvalue weighted by atomic mass is 9.91. The highest BCUT2D eigenvalue weighted by molar-refractivity contribution is 6.13. The summed E-state index contributed by atoms with van der Waals surface area (Å²) in [5.74, 6) is -3.79. The summed E-state index contributed by atoms with van der Waals surface area (Å²) in [6, 6.07) is -1.34. The van der Waals surface area contributed by atoms with Crippen LogP contribution in [0.15, 0.2) is 0 Å². The first-order chi connectivity index (χ1) is 16.5. The molecule has 14 heteroatoms. The topological polar surface area (TPSA) is 250 Å². The van der Waals surface area contributed by atoms with Crippen molar-refractivity contribution in [2.24, 2.45) is 17.2 Å². The van der Waals surface area contributed by atoms with Crippen LogP contribution in [0.1, 0.15) is 58.3 Å². The van der Waals surface area contributed by atoms with Gasteiger partial charge < -0.3 is 48.3 Å². The van der Waals surface area contributed by atoms with E-state index in [-0.39, 0.29) is 44.7 Å². The number of nitrogens with one attached hydrogen (secondary N) is 4. The monoisotopic (exact) mass is 500 g/mol. The van der Waals surface area contributed by atoms with Gasteiger partial charge >= 0.3 is 5.97 Å². The number of nitrogens with zero attached hydrogens (tertiary/aromatic N) is 1. The molecule has 0 spiro atoms. The number of aliphatic carboxylic acids is 1. The summed E-state index contributed by atoms with van der Waals surface area (Å²) in [4.78, 5) is 52.8. The van der Waals surface area contributed by atoms with E-state index in [0.717, 1.165) is 6.42 Å². The lowest BCUT2D eigenvalue weighted by Crippen LogP contribution is -2.68. The molecule has 0 aromatic rings. The molecule has 1 fully saturated rings. The van der Waals surface area contributed by atoms with Crippen LogP contribution in [0.2, 0.25) is 0 Å². The first kappa shape index (κ1) is 30.1. The normalized spacial score (nSPS) is 19.9. The molecule has 1 aliphatic heterocycles. The second-order valence-corrected chi connectivity index (χ2v) is 8.70. The Morgan fingerprint density at radius 3 is 2.34 bits per heavy atom. The highest BCUT2D eigenvalue weighted by Gasteiger charge is 2.56. The van der Waals surface area contributed by atoms with Crippen molar-refractivity contribution >= 4 is 29.7 Å². The second-order valence-electron chi connectivity index (χ2n) is 8.70. The maximum Gasteiger partial charge on any atom is 0.326 e. The minimum atomic E-state index is -2.00. The Labute approximate surface area is 204 Å². The maximum atomic E-state index is 13.5. The third-order valence-electron chi connectivity index (χ3n) is 5.93. The van der Waals surface area contributed by atoms with Crippen LogP contribution in [0.4, 0.5) is 0 Å². The summed E-state index contributed by atoms with van der Waals surface area (Å²) in [5.41, 5.74) is 14.5. The van der Waals surface area contributed by atoms with E-state index in [1.807, 2.05) is 0 Å². The molecule has 1 saturated heterocycles. The fourth-order valence-electron chi connectivity index (χ4n) is 3.92. The number of aliphatic hydroxyl groups is 1. The lowest BCUT2D eigenvalue weighted by molar-refractivity contribution is -0.156. The Kier molecular flexibility index (Phi) is 12.4. The van der Waals surface area contributed by atoms with E-state index in [9.17, 15) is 29.4 Å². The van der Waals surface area contributed by atoms with E-state index in [1.54, 1.807) is 0 Å². The zero-order valence-corrected chi connectivity index (χ0v) is 20.2. The number of carbonyl (C=O) groups excluding carboxylic acids is 3. The Morgan fingerprint density at radius 1 is 1.11 bits per heavy atom. The Balaban J connectivity index is 3.14. The van der Waals surface area contributed by atoms with Gasteiger partial charge in [0, 0.05) is 19.5 Å². The van der Waals surface area contributed by atoms with Gasteiger partial charge in [-0.2, -0.15) is 0 Å². The lowest BCUT2D eigenvalue weighted by Gasteiger charge is -2.37. The number of rotatable bonds is 15. The molecule has 0 bridgehead atoms. The third kappa shape index (κ3) is 8.64. The van der Waals surface area contributed by atoms with Crippen LogP contribution in [0.25, 0.3) is 0 Å². The number of guanidine groups is 1. The van der Waals surface area contributed by atoms with Gasteiger partial charge in [-0.15, -0.1) is 0 Å². The van der Waals surface area contributed by atoms with Crippen LogP contribution in [-0.4, -0.2) is 88.2 Å². The number of hydrogen-bond donors (Lipinski definition) is 9. The predicted octanol–water partition coefficient (Wildman–Crippen LogP) is -2.52. The van der Waals surface area contributed by atoms with Gasteiger partial charge in [-0.3, -0.25) is 19.8 Å². The van der Waals surface area contributed by atoms with Gasteiger partial charge in [-0.05, 0) is 52.0 Å². The standard InChI is InChI=1S/C21H40N8O6/c1-13(30)16(23)28-19(35)21(9-6-12-29(21)15(31)8-3-2-4-10-22)18(34)27-14(17(32)33)7-5-11-26-20(24)25/h13-14,16,30H,2-12,22-23H2,1H3,(H,27,34)(H,28,35)(H,32,33)(H4,24,25,26)/t13?,14-,16?,21?/m0/s1. The molecule has 1 heterocycles. The molecule has 1 aliphatic rings. The Morgan fingerprint density at radius 2 is 1.77 bits per heavy atom. The van der Waals surface area contributed by atoms with E-state index >= 15 is 0 Å².